The van der Waals surface area contributed by atoms with Gasteiger partial charge in [0, 0.05) is 6.42 Å². The zero-order valence-electron chi connectivity index (χ0n) is 15.7. The van der Waals surface area contributed by atoms with Crippen LogP contribution in [-0.2, 0) is 11.2 Å². The highest BCUT2D eigenvalue weighted by Crippen LogP contribution is 2.15. The molecule has 0 aliphatic rings. The minimum atomic E-state index is -0.666. The first-order chi connectivity index (χ1) is 12.2. The Morgan fingerprint density at radius 3 is 1.48 bits per heavy atom. The molecule has 0 aliphatic heterocycles. The monoisotopic (exact) mass is 348 g/mol. The van der Waals surface area contributed by atoms with E-state index in [-0.39, 0.29) is 0 Å². The van der Waals surface area contributed by atoms with E-state index >= 15 is 0 Å². The molecule has 0 saturated carbocycles. The lowest BCUT2D eigenvalue weighted by Gasteiger charge is -2.04. The van der Waals surface area contributed by atoms with Crippen molar-refractivity contribution in [3.8, 4) is 5.75 Å². The molecule has 2 N–H and O–H groups in total. The molecule has 3 nitrogen and oxygen atoms in total. The lowest BCUT2D eigenvalue weighted by molar-refractivity contribution is -0.137. The molecule has 142 valence electrons. The summed E-state index contributed by atoms with van der Waals surface area (Å²) in [6, 6.07) is 7.57. The van der Waals surface area contributed by atoms with Gasteiger partial charge in [0.05, 0.1) is 0 Å². The van der Waals surface area contributed by atoms with Gasteiger partial charge in [0.2, 0.25) is 0 Å². The molecule has 0 aromatic heterocycles. The number of aryl methyl sites for hydroxylation is 1. The largest absolute Gasteiger partial charge is 0.508 e. The highest BCUT2D eigenvalue weighted by Gasteiger charge is 1.97. The summed E-state index contributed by atoms with van der Waals surface area (Å²) >= 11 is 0. The molecule has 1 aromatic carbocycles. The SMILES string of the molecule is O=C(O)CCCCCCCCCCCCCCCc1ccc(O)cc1. The van der Waals surface area contributed by atoms with E-state index < -0.39 is 5.97 Å². The van der Waals surface area contributed by atoms with E-state index in [1.54, 1.807) is 12.1 Å². The number of aliphatic carboxylic acids is 1. The average Bonchev–Trinajstić information content (AvgIpc) is 2.59. The predicted octanol–water partition coefficient (Wildman–Crippen LogP) is 6.48. The number of carbonyl (C=O) groups is 1. The fourth-order valence-electron chi connectivity index (χ4n) is 3.21. The van der Waals surface area contributed by atoms with Crippen LogP contribution < -0.4 is 0 Å². The molecule has 0 aliphatic carbocycles. The van der Waals surface area contributed by atoms with E-state index in [4.69, 9.17) is 5.11 Å². The molecule has 0 atom stereocenters. The smallest absolute Gasteiger partial charge is 0.303 e. The number of carboxylic acids is 1. The van der Waals surface area contributed by atoms with Gasteiger partial charge in [-0.3, -0.25) is 4.79 Å². The van der Waals surface area contributed by atoms with Crippen LogP contribution in [0.15, 0.2) is 24.3 Å². The normalized spacial score (nSPS) is 10.9. The molecule has 0 fully saturated rings. The Hall–Kier alpha value is -1.51. The van der Waals surface area contributed by atoms with Gasteiger partial charge in [-0.05, 0) is 37.0 Å². The molecule has 0 radical (unpaired) electrons. The lowest BCUT2D eigenvalue weighted by Crippen LogP contribution is -1.93. The van der Waals surface area contributed by atoms with Crippen LogP contribution in [0.4, 0.5) is 0 Å². The first kappa shape index (κ1) is 21.5. The molecule has 0 saturated heterocycles. The van der Waals surface area contributed by atoms with E-state index in [1.165, 1.54) is 76.2 Å². The minimum absolute atomic E-state index is 0.328. The summed E-state index contributed by atoms with van der Waals surface area (Å²) < 4.78 is 0. The van der Waals surface area contributed by atoms with Gasteiger partial charge in [-0.25, -0.2) is 0 Å². The van der Waals surface area contributed by atoms with E-state index in [9.17, 15) is 9.90 Å². The van der Waals surface area contributed by atoms with Crippen molar-refractivity contribution in [2.75, 3.05) is 0 Å². The lowest BCUT2D eigenvalue weighted by atomic mass is 10.0. The van der Waals surface area contributed by atoms with E-state index in [0.717, 1.165) is 19.3 Å². The van der Waals surface area contributed by atoms with Crippen molar-refractivity contribution in [1.82, 2.24) is 0 Å². The number of phenols is 1. The number of unbranched alkanes of at least 4 members (excludes halogenated alkanes) is 12. The van der Waals surface area contributed by atoms with Crippen LogP contribution in [0.5, 0.6) is 5.75 Å². The maximum absolute atomic E-state index is 10.4. The summed E-state index contributed by atoms with van der Waals surface area (Å²) in [6.07, 6.45) is 17.7. The number of rotatable bonds is 16. The van der Waals surface area contributed by atoms with Crippen LogP contribution in [0.2, 0.25) is 0 Å². The summed E-state index contributed by atoms with van der Waals surface area (Å²) in [7, 11) is 0. The summed E-state index contributed by atoms with van der Waals surface area (Å²) in [4.78, 5) is 10.4. The molecule has 0 amide bonds. The first-order valence-electron chi connectivity index (χ1n) is 10.2. The number of hydrogen-bond donors (Lipinski definition) is 2. The van der Waals surface area contributed by atoms with Crippen molar-refractivity contribution in [3.05, 3.63) is 29.8 Å². The molecule has 3 heteroatoms. The van der Waals surface area contributed by atoms with Crippen LogP contribution in [0.25, 0.3) is 0 Å². The molecular weight excluding hydrogens is 312 g/mol. The van der Waals surface area contributed by atoms with Gasteiger partial charge in [0.15, 0.2) is 0 Å². The van der Waals surface area contributed by atoms with E-state index in [0.29, 0.717) is 12.2 Å². The Morgan fingerprint density at radius 1 is 0.640 bits per heavy atom. The molecule has 25 heavy (non-hydrogen) atoms. The van der Waals surface area contributed by atoms with E-state index in [1.807, 2.05) is 12.1 Å². The van der Waals surface area contributed by atoms with Crippen molar-refractivity contribution in [3.63, 3.8) is 0 Å². The van der Waals surface area contributed by atoms with Crippen molar-refractivity contribution in [2.24, 2.45) is 0 Å². The Labute approximate surface area is 153 Å². The number of hydrogen-bond acceptors (Lipinski definition) is 2. The maximum Gasteiger partial charge on any atom is 0.303 e. The molecule has 0 unspecified atom stereocenters. The fourth-order valence-corrected chi connectivity index (χ4v) is 3.21. The van der Waals surface area contributed by atoms with Crippen LogP contribution in [0, 0.1) is 0 Å². The fraction of sp³-hybridized carbons (Fsp3) is 0.682. The standard InChI is InChI=1S/C22H36O3/c23-21-18-16-20(17-19-21)14-12-10-8-6-4-2-1-3-5-7-9-11-13-15-22(24)25/h16-19,23H,1-15H2,(H,24,25). The second-order valence-corrected chi connectivity index (χ2v) is 7.16. The van der Waals surface area contributed by atoms with E-state index in [2.05, 4.69) is 0 Å². The van der Waals surface area contributed by atoms with Crippen molar-refractivity contribution in [2.45, 2.75) is 96.3 Å². The van der Waals surface area contributed by atoms with Crippen LogP contribution in [0.3, 0.4) is 0 Å². The Kier molecular flexibility index (Phi) is 12.7. The zero-order chi connectivity index (χ0) is 18.2. The average molecular weight is 349 g/mol. The van der Waals surface area contributed by atoms with Crippen LogP contribution in [-0.4, -0.2) is 16.2 Å². The number of aromatic hydroxyl groups is 1. The molecular formula is C22H36O3. The molecule has 0 bridgehead atoms. The van der Waals surface area contributed by atoms with Crippen molar-refractivity contribution < 1.29 is 15.0 Å². The van der Waals surface area contributed by atoms with Crippen LogP contribution >= 0.6 is 0 Å². The first-order valence-corrected chi connectivity index (χ1v) is 10.2. The number of phenolic OH excluding ortho intramolecular Hbond substituents is 1. The van der Waals surface area contributed by atoms with Gasteiger partial charge in [0.25, 0.3) is 0 Å². The second-order valence-electron chi connectivity index (χ2n) is 7.16. The van der Waals surface area contributed by atoms with Gasteiger partial charge < -0.3 is 10.2 Å². The van der Waals surface area contributed by atoms with Crippen LogP contribution in [0.1, 0.15) is 95.5 Å². The molecule has 1 rings (SSSR count). The summed E-state index contributed by atoms with van der Waals surface area (Å²) in [5.74, 6) is -0.317. The third-order valence-electron chi connectivity index (χ3n) is 4.79. The Morgan fingerprint density at radius 2 is 1.04 bits per heavy atom. The third-order valence-corrected chi connectivity index (χ3v) is 4.79. The molecule has 0 spiro atoms. The Balaban J connectivity index is 1.76. The topological polar surface area (TPSA) is 57.5 Å². The third kappa shape index (κ3) is 13.5. The highest BCUT2D eigenvalue weighted by atomic mass is 16.4. The highest BCUT2D eigenvalue weighted by molar-refractivity contribution is 5.66. The van der Waals surface area contributed by atoms with Gasteiger partial charge in [-0.1, -0.05) is 82.8 Å². The van der Waals surface area contributed by atoms with Gasteiger partial charge in [-0.2, -0.15) is 0 Å². The number of carboxylic acid groups (broad SMARTS) is 1. The van der Waals surface area contributed by atoms with Gasteiger partial charge in [-0.15, -0.1) is 0 Å². The zero-order valence-corrected chi connectivity index (χ0v) is 15.7. The minimum Gasteiger partial charge on any atom is -0.508 e. The van der Waals surface area contributed by atoms with Gasteiger partial charge >= 0.3 is 5.97 Å². The summed E-state index contributed by atoms with van der Waals surface area (Å²) in [5, 5.41) is 17.8. The Bertz CT molecular complexity index is 439. The predicted molar refractivity (Wildman–Crippen MR) is 104 cm³/mol. The van der Waals surface area contributed by atoms with Crippen molar-refractivity contribution in [1.29, 1.82) is 0 Å². The van der Waals surface area contributed by atoms with Gasteiger partial charge in [0.1, 0.15) is 5.75 Å². The summed E-state index contributed by atoms with van der Waals surface area (Å²) in [5.41, 5.74) is 1.32. The summed E-state index contributed by atoms with van der Waals surface area (Å²) in [6.45, 7) is 0. The molecule has 0 heterocycles. The molecule has 1 aromatic rings. The number of benzene rings is 1. The maximum atomic E-state index is 10.4. The quantitative estimate of drug-likeness (QED) is 0.336. The van der Waals surface area contributed by atoms with Crippen molar-refractivity contribution >= 4 is 5.97 Å². The second kappa shape index (κ2) is 14.8.